The number of nitrogens with one attached hydrogen (secondary N) is 1. The third-order valence-corrected chi connectivity index (χ3v) is 6.48. The molecule has 0 saturated heterocycles. The Morgan fingerprint density at radius 2 is 1.79 bits per heavy atom. The minimum absolute atomic E-state index is 0.0283. The number of aryl methyl sites for hydroxylation is 1. The number of thiophene rings is 1. The number of likely N-dealkylation sites (N-methyl/N-ethyl adjacent to an activating group) is 1. The highest BCUT2D eigenvalue weighted by Crippen LogP contribution is 2.31. The molecule has 2 rings (SSSR count). The third kappa shape index (κ3) is 6.59. The van der Waals surface area contributed by atoms with Crippen molar-refractivity contribution in [2.45, 2.75) is 59.8 Å². The van der Waals surface area contributed by atoms with Crippen LogP contribution < -0.4 is 5.32 Å². The van der Waals surface area contributed by atoms with Crippen LogP contribution in [0.4, 0.5) is 5.00 Å². The first-order valence-electron chi connectivity index (χ1n) is 10.4. The second-order valence-electron chi connectivity index (χ2n) is 9.39. The molecule has 1 aromatic rings. The van der Waals surface area contributed by atoms with Crippen LogP contribution >= 0.6 is 11.3 Å². The SMILES string of the molecule is Cc1cc(NC(=O)C(C)(C)C)sc1C(=O)N(CCN(C)C)CC1CCCCC1. The first kappa shape index (κ1) is 22.9. The Morgan fingerprint density at radius 1 is 1.14 bits per heavy atom. The van der Waals surface area contributed by atoms with Crippen molar-refractivity contribution in [1.82, 2.24) is 9.80 Å². The van der Waals surface area contributed by atoms with Crippen LogP contribution in [0.1, 0.15) is 68.1 Å². The molecule has 1 saturated carbocycles. The van der Waals surface area contributed by atoms with Crippen LogP contribution in [0.15, 0.2) is 6.07 Å². The minimum atomic E-state index is -0.458. The second kappa shape index (κ2) is 9.88. The summed E-state index contributed by atoms with van der Waals surface area (Å²) in [5.41, 5.74) is 0.485. The van der Waals surface area contributed by atoms with Crippen LogP contribution in [0.25, 0.3) is 0 Å². The summed E-state index contributed by atoms with van der Waals surface area (Å²) in [5.74, 6) is 0.686. The predicted molar refractivity (Wildman–Crippen MR) is 118 cm³/mol. The molecule has 0 atom stereocenters. The van der Waals surface area contributed by atoms with Gasteiger partial charge in [-0.1, -0.05) is 40.0 Å². The van der Waals surface area contributed by atoms with Gasteiger partial charge in [0.15, 0.2) is 0 Å². The van der Waals surface area contributed by atoms with Gasteiger partial charge in [0.2, 0.25) is 5.91 Å². The van der Waals surface area contributed by atoms with E-state index >= 15 is 0 Å². The second-order valence-corrected chi connectivity index (χ2v) is 10.4. The predicted octanol–water partition coefficient (Wildman–Crippen LogP) is 4.63. The molecule has 0 unspecified atom stereocenters. The average Bonchev–Trinajstić information content (AvgIpc) is 2.98. The van der Waals surface area contributed by atoms with E-state index in [1.165, 1.54) is 43.4 Å². The van der Waals surface area contributed by atoms with Gasteiger partial charge in [0.1, 0.15) is 0 Å². The van der Waals surface area contributed by atoms with E-state index in [1.54, 1.807) is 0 Å². The van der Waals surface area contributed by atoms with Crippen molar-refractivity contribution in [3.8, 4) is 0 Å². The van der Waals surface area contributed by atoms with Crippen LogP contribution in [-0.2, 0) is 4.79 Å². The maximum absolute atomic E-state index is 13.4. The molecular formula is C22H37N3O2S. The molecule has 158 valence electrons. The highest BCUT2D eigenvalue weighted by atomic mass is 32.1. The number of rotatable bonds is 7. The molecule has 6 heteroatoms. The first-order chi connectivity index (χ1) is 13.1. The fraction of sp³-hybridized carbons (Fsp3) is 0.727. The smallest absolute Gasteiger partial charge is 0.264 e. The topological polar surface area (TPSA) is 52.7 Å². The maximum atomic E-state index is 13.4. The Morgan fingerprint density at radius 3 is 2.36 bits per heavy atom. The summed E-state index contributed by atoms with van der Waals surface area (Å²) in [5, 5.41) is 3.72. The van der Waals surface area contributed by atoms with Gasteiger partial charge in [-0.15, -0.1) is 11.3 Å². The van der Waals surface area contributed by atoms with E-state index in [0.717, 1.165) is 35.1 Å². The lowest BCUT2D eigenvalue weighted by Gasteiger charge is -2.30. The number of hydrogen-bond donors (Lipinski definition) is 1. The van der Waals surface area contributed by atoms with E-state index < -0.39 is 5.41 Å². The third-order valence-electron chi connectivity index (χ3n) is 5.34. The van der Waals surface area contributed by atoms with E-state index in [2.05, 4.69) is 10.2 Å². The van der Waals surface area contributed by atoms with Crippen LogP contribution in [0.5, 0.6) is 0 Å². The molecule has 1 N–H and O–H groups in total. The van der Waals surface area contributed by atoms with Gasteiger partial charge in [0, 0.05) is 25.0 Å². The van der Waals surface area contributed by atoms with Crippen molar-refractivity contribution in [3.63, 3.8) is 0 Å². The molecule has 1 aliphatic carbocycles. The van der Waals surface area contributed by atoms with E-state index in [4.69, 9.17) is 0 Å². The summed E-state index contributed by atoms with van der Waals surface area (Å²) in [6, 6.07) is 1.92. The zero-order valence-corrected chi connectivity index (χ0v) is 19.2. The van der Waals surface area contributed by atoms with Crippen LogP contribution in [0.2, 0.25) is 0 Å². The lowest BCUT2D eigenvalue weighted by molar-refractivity contribution is -0.123. The molecule has 2 amide bonds. The number of amides is 2. The quantitative estimate of drug-likeness (QED) is 0.717. The molecule has 0 spiro atoms. The highest BCUT2D eigenvalue weighted by molar-refractivity contribution is 7.18. The van der Waals surface area contributed by atoms with E-state index in [9.17, 15) is 9.59 Å². The van der Waals surface area contributed by atoms with Gasteiger partial charge in [0.25, 0.3) is 5.91 Å². The molecule has 0 aliphatic heterocycles. The van der Waals surface area contributed by atoms with Crippen LogP contribution in [0, 0.1) is 18.3 Å². The zero-order valence-electron chi connectivity index (χ0n) is 18.4. The van der Waals surface area contributed by atoms with Crippen molar-refractivity contribution in [3.05, 3.63) is 16.5 Å². The van der Waals surface area contributed by atoms with E-state index in [0.29, 0.717) is 5.92 Å². The lowest BCUT2D eigenvalue weighted by Crippen LogP contribution is -2.40. The van der Waals surface area contributed by atoms with Gasteiger partial charge in [-0.25, -0.2) is 0 Å². The number of anilines is 1. The zero-order chi connectivity index (χ0) is 20.9. The molecule has 0 radical (unpaired) electrons. The number of carbonyl (C=O) groups is 2. The molecule has 1 heterocycles. The molecule has 1 aliphatic rings. The van der Waals surface area contributed by atoms with Crippen LogP contribution in [-0.4, -0.2) is 55.3 Å². The summed E-state index contributed by atoms with van der Waals surface area (Å²) < 4.78 is 0. The summed E-state index contributed by atoms with van der Waals surface area (Å²) >= 11 is 1.40. The monoisotopic (exact) mass is 407 g/mol. The van der Waals surface area contributed by atoms with Gasteiger partial charge < -0.3 is 15.1 Å². The Hall–Kier alpha value is -1.40. The van der Waals surface area contributed by atoms with Gasteiger partial charge in [0.05, 0.1) is 9.88 Å². The summed E-state index contributed by atoms with van der Waals surface area (Å²) in [4.78, 5) is 30.5. The Kier molecular flexibility index (Phi) is 8.07. The first-order valence-corrected chi connectivity index (χ1v) is 11.3. The van der Waals surface area contributed by atoms with Crippen LogP contribution in [0.3, 0.4) is 0 Å². The average molecular weight is 408 g/mol. The fourth-order valence-electron chi connectivity index (χ4n) is 3.48. The standard InChI is InChI=1S/C22H37N3O2S/c1-16-14-18(23-21(27)22(2,3)4)28-19(16)20(26)25(13-12-24(5)6)15-17-10-8-7-9-11-17/h14,17H,7-13,15H2,1-6H3,(H,23,27). The van der Waals surface area contributed by atoms with Gasteiger partial charge in [-0.2, -0.15) is 0 Å². The number of hydrogen-bond acceptors (Lipinski definition) is 4. The Bertz CT molecular complexity index is 670. The van der Waals surface area contributed by atoms with Crippen molar-refractivity contribution in [1.29, 1.82) is 0 Å². The lowest BCUT2D eigenvalue weighted by atomic mass is 9.89. The molecule has 1 aromatic heterocycles. The number of nitrogens with zero attached hydrogens (tertiary/aromatic N) is 2. The Balaban J connectivity index is 2.14. The van der Waals surface area contributed by atoms with Gasteiger partial charge >= 0.3 is 0 Å². The molecular weight excluding hydrogens is 370 g/mol. The molecule has 28 heavy (non-hydrogen) atoms. The summed E-state index contributed by atoms with van der Waals surface area (Å²) in [6.07, 6.45) is 6.33. The summed E-state index contributed by atoms with van der Waals surface area (Å²) in [7, 11) is 4.08. The molecule has 1 fully saturated rings. The normalized spacial score (nSPS) is 15.7. The number of carbonyl (C=O) groups excluding carboxylic acids is 2. The van der Waals surface area contributed by atoms with E-state index in [-0.39, 0.29) is 11.8 Å². The molecule has 5 nitrogen and oxygen atoms in total. The van der Waals surface area contributed by atoms with Crippen molar-refractivity contribution < 1.29 is 9.59 Å². The highest BCUT2D eigenvalue weighted by Gasteiger charge is 2.26. The Labute approximate surface area is 174 Å². The molecule has 0 aromatic carbocycles. The van der Waals surface area contributed by atoms with Crippen molar-refractivity contribution in [2.75, 3.05) is 39.0 Å². The maximum Gasteiger partial charge on any atom is 0.264 e. The van der Waals surface area contributed by atoms with Gasteiger partial charge in [-0.05, 0) is 51.4 Å². The summed E-state index contributed by atoms with van der Waals surface area (Å²) in [6.45, 7) is 10.1. The minimum Gasteiger partial charge on any atom is -0.336 e. The fourth-order valence-corrected chi connectivity index (χ4v) is 4.51. The van der Waals surface area contributed by atoms with Crippen molar-refractivity contribution in [2.24, 2.45) is 11.3 Å². The van der Waals surface area contributed by atoms with Gasteiger partial charge in [-0.3, -0.25) is 9.59 Å². The largest absolute Gasteiger partial charge is 0.336 e. The molecule has 0 bridgehead atoms. The van der Waals surface area contributed by atoms with Crippen molar-refractivity contribution >= 4 is 28.2 Å². The van der Waals surface area contributed by atoms with E-state index in [1.807, 2.05) is 52.8 Å².